The zero-order chi connectivity index (χ0) is 20.8. The maximum absolute atomic E-state index is 10.5. The van der Waals surface area contributed by atoms with Crippen molar-refractivity contribution in [2.24, 2.45) is 46.3 Å². The lowest BCUT2D eigenvalue weighted by Crippen LogP contribution is -2.51. The summed E-state index contributed by atoms with van der Waals surface area (Å²) in [5.41, 5.74) is 3.24. The summed E-state index contributed by atoms with van der Waals surface area (Å²) in [6, 6.07) is 0. The molecule has 1 N–H and O–H groups in total. The van der Waals surface area contributed by atoms with Crippen LogP contribution in [0.2, 0.25) is 0 Å². The highest BCUT2D eigenvalue weighted by atomic mass is 16.3. The van der Waals surface area contributed by atoms with Gasteiger partial charge in [0.15, 0.2) is 0 Å². The summed E-state index contributed by atoms with van der Waals surface area (Å²) in [6.45, 7) is 14.3. The zero-order valence-corrected chi connectivity index (χ0v) is 19.2. The molecule has 29 heavy (non-hydrogen) atoms. The molecule has 4 rings (SSSR count). The highest BCUT2D eigenvalue weighted by Crippen LogP contribution is 2.66. The summed E-state index contributed by atoms with van der Waals surface area (Å²) in [7, 11) is 0. The van der Waals surface area contributed by atoms with Gasteiger partial charge in [0.1, 0.15) is 0 Å². The van der Waals surface area contributed by atoms with Crippen LogP contribution in [-0.4, -0.2) is 11.7 Å². The molecule has 0 amide bonds. The first-order valence-corrected chi connectivity index (χ1v) is 12.2. The largest absolute Gasteiger partial charge is 0.395 e. The topological polar surface area (TPSA) is 20.2 Å². The summed E-state index contributed by atoms with van der Waals surface area (Å²) in [5, 5.41) is 10.5. The van der Waals surface area contributed by atoms with Crippen LogP contribution in [0.5, 0.6) is 0 Å². The first-order valence-electron chi connectivity index (χ1n) is 12.2. The molecule has 1 heteroatoms. The second-order valence-electron chi connectivity index (χ2n) is 11.3. The molecule has 4 aliphatic rings. The molecule has 160 valence electrons. The molecule has 7 atom stereocenters. The number of fused-ring (bicyclic) bond motifs is 5. The van der Waals surface area contributed by atoms with Gasteiger partial charge < -0.3 is 5.11 Å². The van der Waals surface area contributed by atoms with Gasteiger partial charge in [-0.05, 0) is 91.4 Å². The van der Waals surface area contributed by atoms with Crippen LogP contribution in [0.1, 0.15) is 72.6 Å². The van der Waals surface area contributed by atoms with E-state index in [2.05, 4.69) is 64.7 Å². The summed E-state index contributed by atoms with van der Waals surface area (Å²) >= 11 is 0. The smallest absolute Gasteiger partial charge is 0.0533 e. The van der Waals surface area contributed by atoms with Crippen molar-refractivity contribution in [1.29, 1.82) is 0 Å². The Labute approximate surface area is 179 Å². The van der Waals surface area contributed by atoms with E-state index >= 15 is 0 Å². The van der Waals surface area contributed by atoms with E-state index in [1.165, 1.54) is 49.7 Å². The fraction of sp³-hybridized carbons (Fsp3) is 0.714. The molecular formula is C28H42O. The van der Waals surface area contributed by atoms with Crippen LogP contribution in [0, 0.1) is 46.3 Å². The van der Waals surface area contributed by atoms with Crippen molar-refractivity contribution in [3.8, 4) is 0 Å². The summed E-state index contributed by atoms with van der Waals surface area (Å²) in [5.74, 6) is 4.28. The van der Waals surface area contributed by atoms with Crippen LogP contribution in [0.3, 0.4) is 0 Å². The zero-order valence-electron chi connectivity index (χ0n) is 19.2. The molecule has 0 aromatic heterocycles. The first-order chi connectivity index (χ1) is 13.8. The molecule has 1 nitrogen and oxygen atoms in total. The number of rotatable bonds is 6. The quantitative estimate of drug-likeness (QED) is 0.476. The maximum atomic E-state index is 10.5. The van der Waals surface area contributed by atoms with Gasteiger partial charge in [-0.25, -0.2) is 0 Å². The van der Waals surface area contributed by atoms with Crippen molar-refractivity contribution in [1.82, 2.24) is 0 Å². The number of hydrogen-bond acceptors (Lipinski definition) is 1. The molecule has 2 saturated carbocycles. The number of allylic oxidation sites excluding steroid dienone is 6. The Morgan fingerprint density at radius 2 is 2.00 bits per heavy atom. The SMILES string of the molecule is C=C(CC[C@@H](C)[C@H]1CC[C@H]2[C@@H]3C=CC4=CC=CC[C@]4(CO)[C@H]3CC[C@]12C)C(C)C. The Balaban J connectivity index is 1.53. The molecule has 2 fully saturated rings. The standard InChI is InChI=1S/C28H42O/c1-19(2)20(3)9-10-21(4)24-13-14-25-23-12-11-22-8-6-7-16-28(22,18-29)26(23)15-17-27(24,25)5/h6-8,11-12,19,21,23-26,29H,3,9-10,13-18H2,1-2,4-5H3/t21-,23+,24-,25+,26+,27-,28-/m1/s1. The maximum Gasteiger partial charge on any atom is 0.0533 e. The highest BCUT2D eigenvalue weighted by Gasteiger charge is 2.59. The Bertz CT molecular complexity index is 725. The van der Waals surface area contributed by atoms with Crippen LogP contribution in [-0.2, 0) is 0 Å². The second kappa shape index (κ2) is 7.88. The summed E-state index contributed by atoms with van der Waals surface area (Å²) in [4.78, 5) is 0. The van der Waals surface area contributed by atoms with Crippen molar-refractivity contribution >= 4 is 0 Å². The van der Waals surface area contributed by atoms with E-state index in [0.717, 1.165) is 24.2 Å². The minimum Gasteiger partial charge on any atom is -0.395 e. The predicted molar refractivity (Wildman–Crippen MR) is 123 cm³/mol. The Kier molecular flexibility index (Phi) is 5.75. The van der Waals surface area contributed by atoms with Gasteiger partial charge in [-0.3, -0.25) is 0 Å². The van der Waals surface area contributed by atoms with Gasteiger partial charge in [-0.15, -0.1) is 0 Å². The summed E-state index contributed by atoms with van der Waals surface area (Å²) < 4.78 is 0. The van der Waals surface area contributed by atoms with Crippen molar-refractivity contribution in [3.05, 3.63) is 48.1 Å². The van der Waals surface area contributed by atoms with Crippen molar-refractivity contribution in [3.63, 3.8) is 0 Å². The molecule has 0 spiro atoms. The third-order valence-corrected chi connectivity index (χ3v) is 9.79. The molecule has 0 unspecified atom stereocenters. The number of aliphatic hydroxyl groups excluding tert-OH is 1. The van der Waals surface area contributed by atoms with Crippen molar-refractivity contribution < 1.29 is 5.11 Å². The lowest BCUT2D eigenvalue weighted by molar-refractivity contribution is -0.0427. The van der Waals surface area contributed by atoms with E-state index in [1.807, 2.05) is 0 Å². The van der Waals surface area contributed by atoms with Crippen LogP contribution in [0.4, 0.5) is 0 Å². The molecule has 0 saturated heterocycles. The van der Waals surface area contributed by atoms with E-state index in [4.69, 9.17) is 0 Å². The summed E-state index contributed by atoms with van der Waals surface area (Å²) in [6.07, 6.45) is 20.5. The van der Waals surface area contributed by atoms with Crippen molar-refractivity contribution in [2.75, 3.05) is 6.61 Å². The molecule has 0 heterocycles. The molecule has 0 bridgehead atoms. The molecule has 0 aliphatic heterocycles. The molecule has 0 radical (unpaired) electrons. The average molecular weight is 395 g/mol. The Morgan fingerprint density at radius 3 is 2.72 bits per heavy atom. The second-order valence-corrected chi connectivity index (χ2v) is 11.3. The lowest BCUT2D eigenvalue weighted by atomic mass is 9.48. The molecule has 0 aromatic rings. The van der Waals surface area contributed by atoms with E-state index in [1.54, 1.807) is 0 Å². The first kappa shape index (κ1) is 21.2. The normalized spacial score (nSPS) is 41.5. The van der Waals surface area contributed by atoms with Gasteiger partial charge in [0.05, 0.1) is 6.61 Å². The highest BCUT2D eigenvalue weighted by molar-refractivity contribution is 5.40. The Hall–Kier alpha value is -1.08. The lowest BCUT2D eigenvalue weighted by Gasteiger charge is -2.56. The minimum atomic E-state index is -0.0196. The monoisotopic (exact) mass is 394 g/mol. The van der Waals surface area contributed by atoms with E-state index in [0.29, 0.717) is 29.8 Å². The van der Waals surface area contributed by atoms with Gasteiger partial charge >= 0.3 is 0 Å². The van der Waals surface area contributed by atoms with E-state index < -0.39 is 0 Å². The minimum absolute atomic E-state index is 0.0196. The third-order valence-electron chi connectivity index (χ3n) is 9.79. The van der Waals surface area contributed by atoms with Crippen LogP contribution < -0.4 is 0 Å². The molecule has 0 aromatic carbocycles. The van der Waals surface area contributed by atoms with Crippen LogP contribution in [0.25, 0.3) is 0 Å². The van der Waals surface area contributed by atoms with Crippen LogP contribution in [0.15, 0.2) is 48.1 Å². The fourth-order valence-corrected chi connectivity index (χ4v) is 7.79. The van der Waals surface area contributed by atoms with Gasteiger partial charge in [-0.2, -0.15) is 0 Å². The Morgan fingerprint density at radius 1 is 1.21 bits per heavy atom. The molecule has 4 aliphatic carbocycles. The number of hydrogen-bond donors (Lipinski definition) is 1. The van der Waals surface area contributed by atoms with Gasteiger partial charge in [-0.1, -0.05) is 70.2 Å². The van der Waals surface area contributed by atoms with Gasteiger partial charge in [0, 0.05) is 5.41 Å². The van der Waals surface area contributed by atoms with Crippen LogP contribution >= 0.6 is 0 Å². The molecular weight excluding hydrogens is 352 g/mol. The van der Waals surface area contributed by atoms with Crippen molar-refractivity contribution in [2.45, 2.75) is 72.6 Å². The van der Waals surface area contributed by atoms with E-state index in [-0.39, 0.29) is 5.41 Å². The number of aliphatic hydroxyl groups is 1. The predicted octanol–water partition coefficient (Wildman–Crippen LogP) is 7.11. The fourth-order valence-electron chi connectivity index (χ4n) is 7.79. The third kappa shape index (κ3) is 3.32. The van der Waals surface area contributed by atoms with Gasteiger partial charge in [0.2, 0.25) is 0 Å². The van der Waals surface area contributed by atoms with Gasteiger partial charge in [0.25, 0.3) is 0 Å². The average Bonchev–Trinajstić information content (AvgIpc) is 3.08. The van der Waals surface area contributed by atoms with E-state index in [9.17, 15) is 5.11 Å².